The Morgan fingerprint density at radius 3 is 2.27 bits per heavy atom. The lowest BCUT2D eigenvalue weighted by atomic mass is 10.0. The number of rotatable bonds is 18. The van der Waals surface area contributed by atoms with Crippen molar-refractivity contribution in [3.63, 3.8) is 0 Å². The number of carbonyl (C=O) groups is 3. The van der Waals surface area contributed by atoms with Gasteiger partial charge >= 0.3 is 6.11 Å². The second-order valence-corrected chi connectivity index (χ2v) is 13.5. The van der Waals surface area contributed by atoms with E-state index in [-0.39, 0.29) is 35.2 Å². The predicted molar refractivity (Wildman–Crippen MR) is 154 cm³/mol. The number of Topliss-reactive ketones (excluding diaryl/α,β-unsaturated/α-hetero) is 1. The summed E-state index contributed by atoms with van der Waals surface area (Å²) in [4.78, 5) is 39.0. The maximum atomic E-state index is 14.7. The SMILES string of the molecule is O=C(NCC(=O)C(CCC1CC1)NC(=O)[C@H](CS(=O)(=O)CC1CC1)NCC(F)(F)Oc1ccc(F)cc1)c1ccccc1O. The van der Waals surface area contributed by atoms with E-state index in [1.807, 2.05) is 0 Å². The van der Waals surface area contributed by atoms with Gasteiger partial charge in [-0.15, -0.1) is 0 Å². The molecule has 2 aliphatic carbocycles. The third kappa shape index (κ3) is 10.8. The molecule has 0 bridgehead atoms. The fraction of sp³-hybridized carbons (Fsp3) is 0.500. The number of aromatic hydroxyl groups is 1. The van der Waals surface area contributed by atoms with E-state index in [4.69, 9.17) is 0 Å². The van der Waals surface area contributed by atoms with Crippen molar-refractivity contribution in [2.24, 2.45) is 11.8 Å². The molecule has 2 aromatic rings. The molecule has 44 heavy (non-hydrogen) atoms. The number of phenols is 1. The number of ketones is 1. The van der Waals surface area contributed by atoms with E-state index >= 15 is 0 Å². The molecule has 2 fully saturated rings. The number of ether oxygens (including phenoxy) is 1. The van der Waals surface area contributed by atoms with E-state index in [0.717, 1.165) is 49.9 Å². The summed E-state index contributed by atoms with van der Waals surface area (Å²) in [5, 5.41) is 17.1. The van der Waals surface area contributed by atoms with Crippen LogP contribution in [0.4, 0.5) is 13.2 Å². The number of hydrogen-bond acceptors (Lipinski definition) is 8. The molecule has 0 radical (unpaired) electrons. The minimum atomic E-state index is -3.90. The van der Waals surface area contributed by atoms with E-state index in [0.29, 0.717) is 12.3 Å². The molecule has 0 aliphatic heterocycles. The first kappa shape index (κ1) is 33.2. The Morgan fingerprint density at radius 2 is 1.64 bits per heavy atom. The summed E-state index contributed by atoms with van der Waals surface area (Å²) >= 11 is 0. The number of halogens is 3. The summed E-state index contributed by atoms with van der Waals surface area (Å²) in [5.41, 5.74) is -0.0483. The van der Waals surface area contributed by atoms with Crippen molar-refractivity contribution in [3.05, 3.63) is 59.9 Å². The number of para-hydroxylation sites is 1. The van der Waals surface area contributed by atoms with Crippen LogP contribution in [-0.2, 0) is 19.4 Å². The molecule has 2 aliphatic rings. The van der Waals surface area contributed by atoms with Gasteiger partial charge in [0, 0.05) is 0 Å². The molecule has 14 heteroatoms. The first-order valence-electron chi connectivity index (χ1n) is 14.5. The molecule has 4 rings (SSSR count). The molecule has 240 valence electrons. The van der Waals surface area contributed by atoms with Crippen molar-refractivity contribution in [1.29, 1.82) is 0 Å². The standard InChI is InChI=1S/C30H36F3N3O7S/c31-21-10-12-22(13-11-21)43-30(32,33)18-35-25(17-44(41,42)16-20-7-8-20)29(40)36-24(14-9-19-5-6-19)27(38)15-34-28(39)23-3-1-2-4-26(23)37/h1-4,10-13,19-20,24-25,35,37H,5-9,14-18H2,(H,34,39)(H,36,40)/t24?,25-/m0/s1. The molecule has 2 atom stereocenters. The Balaban J connectivity index is 1.43. The second kappa shape index (κ2) is 14.4. The monoisotopic (exact) mass is 639 g/mol. The maximum absolute atomic E-state index is 14.7. The summed E-state index contributed by atoms with van der Waals surface area (Å²) in [6.07, 6.45) is 0.260. The third-order valence-corrected chi connectivity index (χ3v) is 9.22. The summed E-state index contributed by atoms with van der Waals surface area (Å²) in [5.74, 6) is -4.18. The third-order valence-electron chi connectivity index (χ3n) is 7.40. The zero-order valence-electron chi connectivity index (χ0n) is 23.9. The highest BCUT2D eigenvalue weighted by Crippen LogP contribution is 2.34. The van der Waals surface area contributed by atoms with Gasteiger partial charge in [-0.2, -0.15) is 8.78 Å². The van der Waals surface area contributed by atoms with Crippen molar-refractivity contribution < 1.29 is 45.8 Å². The van der Waals surface area contributed by atoms with Crippen molar-refractivity contribution in [1.82, 2.24) is 16.0 Å². The molecule has 0 spiro atoms. The van der Waals surface area contributed by atoms with E-state index in [9.17, 15) is 41.1 Å². The van der Waals surface area contributed by atoms with Crippen molar-refractivity contribution in [2.45, 2.75) is 56.7 Å². The molecule has 2 amide bonds. The fourth-order valence-electron chi connectivity index (χ4n) is 4.59. The first-order valence-corrected chi connectivity index (χ1v) is 16.3. The van der Waals surface area contributed by atoms with Gasteiger partial charge in [-0.3, -0.25) is 19.7 Å². The number of hydrogen-bond donors (Lipinski definition) is 4. The number of phenolic OH excluding ortho intramolecular Hbond substituents is 1. The van der Waals surface area contributed by atoms with Crippen LogP contribution in [0.5, 0.6) is 11.5 Å². The lowest BCUT2D eigenvalue weighted by molar-refractivity contribution is -0.172. The van der Waals surface area contributed by atoms with Gasteiger partial charge < -0.3 is 20.5 Å². The quantitative estimate of drug-likeness (QED) is 0.195. The largest absolute Gasteiger partial charge is 0.507 e. The number of carbonyl (C=O) groups excluding carboxylic acids is 3. The Hall–Kier alpha value is -3.65. The van der Waals surface area contributed by atoms with Gasteiger partial charge in [0.1, 0.15) is 29.9 Å². The molecule has 2 aromatic carbocycles. The van der Waals surface area contributed by atoms with Crippen LogP contribution in [0.2, 0.25) is 0 Å². The smallest absolute Gasteiger partial charge is 0.410 e. The lowest BCUT2D eigenvalue weighted by Crippen LogP contribution is -2.56. The van der Waals surface area contributed by atoms with E-state index < -0.39 is 70.3 Å². The van der Waals surface area contributed by atoms with Gasteiger partial charge in [0.15, 0.2) is 15.6 Å². The lowest BCUT2D eigenvalue weighted by Gasteiger charge is -2.25. The number of amides is 2. The van der Waals surface area contributed by atoms with Crippen molar-refractivity contribution in [3.8, 4) is 11.5 Å². The number of alkyl halides is 2. The van der Waals surface area contributed by atoms with Crippen LogP contribution in [0.25, 0.3) is 0 Å². The highest BCUT2D eigenvalue weighted by Gasteiger charge is 2.38. The van der Waals surface area contributed by atoms with Gasteiger partial charge in [-0.25, -0.2) is 12.8 Å². The Labute approximate surface area is 253 Å². The molecule has 0 heterocycles. The Bertz CT molecular complexity index is 1430. The number of sulfone groups is 1. The van der Waals surface area contributed by atoms with E-state index in [1.165, 1.54) is 24.3 Å². The summed E-state index contributed by atoms with van der Waals surface area (Å²) in [6, 6.07) is 6.85. The van der Waals surface area contributed by atoms with Gasteiger partial charge in [-0.05, 0) is 73.9 Å². The number of nitrogens with one attached hydrogen (secondary N) is 3. The second-order valence-electron chi connectivity index (χ2n) is 11.4. The Morgan fingerprint density at radius 1 is 0.977 bits per heavy atom. The Kier molecular flexibility index (Phi) is 10.9. The van der Waals surface area contributed by atoms with Crippen LogP contribution in [0, 0.1) is 17.7 Å². The van der Waals surface area contributed by atoms with Crippen LogP contribution in [0.1, 0.15) is 48.9 Å². The minimum Gasteiger partial charge on any atom is -0.507 e. The average molecular weight is 640 g/mol. The van der Waals surface area contributed by atoms with Crippen molar-refractivity contribution in [2.75, 3.05) is 24.6 Å². The van der Waals surface area contributed by atoms with Gasteiger partial charge in [0.25, 0.3) is 5.91 Å². The molecule has 2 saturated carbocycles. The zero-order chi connectivity index (χ0) is 31.9. The van der Waals surface area contributed by atoms with E-state index in [1.54, 1.807) is 0 Å². The first-order chi connectivity index (χ1) is 20.8. The summed E-state index contributed by atoms with van der Waals surface area (Å²) < 4.78 is 72.7. The molecule has 4 N–H and O–H groups in total. The highest BCUT2D eigenvalue weighted by atomic mass is 32.2. The summed E-state index contributed by atoms with van der Waals surface area (Å²) in [6.45, 7) is -1.75. The fourth-order valence-corrected chi connectivity index (χ4v) is 6.56. The number of benzene rings is 2. The van der Waals surface area contributed by atoms with Crippen LogP contribution in [0.3, 0.4) is 0 Å². The predicted octanol–water partition coefficient (Wildman–Crippen LogP) is 2.96. The molecular formula is C30H36F3N3O7S. The molecular weight excluding hydrogens is 603 g/mol. The van der Waals surface area contributed by atoms with Gasteiger partial charge in [0.2, 0.25) is 5.91 Å². The maximum Gasteiger partial charge on any atom is 0.410 e. The topological polar surface area (TPSA) is 151 Å². The van der Waals surface area contributed by atoms with Crippen LogP contribution in [0.15, 0.2) is 48.5 Å². The van der Waals surface area contributed by atoms with Gasteiger partial charge in [-0.1, -0.05) is 25.0 Å². The normalized spacial score (nSPS) is 16.5. The average Bonchev–Trinajstić information content (AvgIpc) is 3.90. The van der Waals surface area contributed by atoms with E-state index in [2.05, 4.69) is 20.7 Å². The summed E-state index contributed by atoms with van der Waals surface area (Å²) in [7, 11) is -3.84. The van der Waals surface area contributed by atoms with Crippen molar-refractivity contribution >= 4 is 27.4 Å². The van der Waals surface area contributed by atoms with Gasteiger partial charge in [0.05, 0.1) is 29.7 Å². The minimum absolute atomic E-state index is 0.0483. The van der Waals surface area contributed by atoms with Crippen LogP contribution >= 0.6 is 0 Å². The van der Waals surface area contributed by atoms with Crippen LogP contribution < -0.4 is 20.7 Å². The van der Waals surface area contributed by atoms with Crippen LogP contribution in [-0.4, -0.2) is 73.9 Å². The zero-order valence-corrected chi connectivity index (χ0v) is 24.8. The molecule has 0 aromatic heterocycles. The molecule has 10 nitrogen and oxygen atoms in total. The molecule has 1 unspecified atom stereocenters. The molecule has 0 saturated heterocycles. The highest BCUT2D eigenvalue weighted by molar-refractivity contribution is 7.91.